The Kier molecular flexibility index (Phi) is 5.51. The van der Waals surface area contributed by atoms with Gasteiger partial charge in [0, 0.05) is 26.2 Å². The molecule has 0 aliphatic heterocycles. The molecule has 0 radical (unpaired) electrons. The number of halogens is 3. The quantitative estimate of drug-likeness (QED) is 0.859. The van der Waals surface area contributed by atoms with Crippen LogP contribution >= 0.6 is 11.6 Å². The summed E-state index contributed by atoms with van der Waals surface area (Å²) in [5, 5.41) is 2.36. The van der Waals surface area contributed by atoms with Crippen LogP contribution in [0.25, 0.3) is 0 Å². The van der Waals surface area contributed by atoms with E-state index in [0.717, 1.165) is 17.7 Å². The molecular formula is C17H15ClF2N2O2. The van der Waals surface area contributed by atoms with E-state index in [9.17, 15) is 18.4 Å². The molecule has 0 bridgehead atoms. The van der Waals surface area contributed by atoms with Crippen molar-refractivity contribution >= 4 is 23.4 Å². The molecule has 0 atom stereocenters. The zero-order valence-electron chi connectivity index (χ0n) is 13.1. The molecule has 0 saturated carbocycles. The summed E-state index contributed by atoms with van der Waals surface area (Å²) in [4.78, 5) is 25.2. The Bertz CT molecular complexity index is 779. The average Bonchev–Trinajstić information content (AvgIpc) is 2.57. The molecule has 0 spiro atoms. The number of nitrogens with zero attached hydrogens (tertiary/aromatic N) is 1. The Morgan fingerprint density at radius 2 is 1.71 bits per heavy atom. The Balaban J connectivity index is 2.14. The van der Waals surface area contributed by atoms with E-state index < -0.39 is 17.5 Å². The molecule has 0 heterocycles. The highest BCUT2D eigenvalue weighted by Gasteiger charge is 2.18. The van der Waals surface area contributed by atoms with E-state index in [1.807, 2.05) is 0 Å². The third-order valence-electron chi connectivity index (χ3n) is 3.45. The van der Waals surface area contributed by atoms with Gasteiger partial charge in [-0.25, -0.2) is 8.78 Å². The van der Waals surface area contributed by atoms with Crippen molar-refractivity contribution in [2.75, 3.05) is 14.1 Å². The van der Waals surface area contributed by atoms with Crippen LogP contribution in [0.5, 0.6) is 0 Å². The number of hydrogen-bond donors (Lipinski definition) is 1. The molecule has 0 unspecified atom stereocenters. The maximum atomic E-state index is 13.3. The van der Waals surface area contributed by atoms with Crippen LogP contribution in [0.15, 0.2) is 36.4 Å². The van der Waals surface area contributed by atoms with E-state index in [-0.39, 0.29) is 23.0 Å². The van der Waals surface area contributed by atoms with Crippen molar-refractivity contribution in [1.82, 2.24) is 10.2 Å². The molecule has 2 aromatic rings. The largest absolute Gasteiger partial charge is 0.355 e. The van der Waals surface area contributed by atoms with Crippen molar-refractivity contribution in [3.63, 3.8) is 0 Å². The second kappa shape index (κ2) is 7.40. The second-order valence-electron chi connectivity index (χ2n) is 5.18. The Hall–Kier alpha value is -2.47. The van der Waals surface area contributed by atoms with Crippen molar-refractivity contribution in [3.05, 3.63) is 69.7 Å². The summed E-state index contributed by atoms with van der Waals surface area (Å²) in [6, 6.07) is 8.25. The fourth-order valence-corrected chi connectivity index (χ4v) is 2.37. The van der Waals surface area contributed by atoms with Crippen LogP contribution in [0.2, 0.25) is 5.02 Å². The normalized spacial score (nSPS) is 10.4. The van der Waals surface area contributed by atoms with Crippen LogP contribution in [0.3, 0.4) is 0 Å². The number of hydrogen-bond acceptors (Lipinski definition) is 2. The van der Waals surface area contributed by atoms with Crippen LogP contribution in [0.4, 0.5) is 8.78 Å². The van der Waals surface area contributed by atoms with E-state index in [1.54, 1.807) is 24.3 Å². The minimum absolute atomic E-state index is 0.111. The predicted molar refractivity (Wildman–Crippen MR) is 87.0 cm³/mol. The zero-order valence-corrected chi connectivity index (χ0v) is 13.8. The molecule has 2 rings (SSSR count). The van der Waals surface area contributed by atoms with Crippen molar-refractivity contribution < 1.29 is 18.4 Å². The van der Waals surface area contributed by atoms with Crippen molar-refractivity contribution in [2.24, 2.45) is 0 Å². The molecule has 24 heavy (non-hydrogen) atoms. The first kappa shape index (κ1) is 17.9. The SMILES string of the molecule is CNC(=O)c1ccc(CN(C)C(=O)c2cc(F)c(F)cc2Cl)cc1. The molecule has 0 fully saturated rings. The van der Waals surface area contributed by atoms with Crippen molar-refractivity contribution in [2.45, 2.75) is 6.54 Å². The molecule has 1 N–H and O–H groups in total. The van der Waals surface area contributed by atoms with Crippen LogP contribution in [0, 0.1) is 11.6 Å². The molecule has 2 amide bonds. The molecule has 2 aromatic carbocycles. The molecule has 0 aromatic heterocycles. The van der Waals surface area contributed by atoms with Gasteiger partial charge in [0.2, 0.25) is 0 Å². The highest BCUT2D eigenvalue weighted by Crippen LogP contribution is 2.22. The number of amides is 2. The van der Waals surface area contributed by atoms with Gasteiger partial charge < -0.3 is 10.2 Å². The Labute approximate surface area is 143 Å². The number of carbonyl (C=O) groups excluding carboxylic acids is 2. The van der Waals surface area contributed by atoms with E-state index >= 15 is 0 Å². The van der Waals surface area contributed by atoms with Crippen molar-refractivity contribution in [1.29, 1.82) is 0 Å². The van der Waals surface area contributed by atoms with Gasteiger partial charge in [-0.2, -0.15) is 0 Å². The Morgan fingerprint density at radius 1 is 1.12 bits per heavy atom. The maximum Gasteiger partial charge on any atom is 0.255 e. The summed E-state index contributed by atoms with van der Waals surface area (Å²) >= 11 is 5.82. The lowest BCUT2D eigenvalue weighted by atomic mass is 10.1. The monoisotopic (exact) mass is 352 g/mol. The van der Waals surface area contributed by atoms with Gasteiger partial charge in [-0.05, 0) is 29.8 Å². The summed E-state index contributed by atoms with van der Waals surface area (Å²) in [5.41, 5.74) is 1.16. The highest BCUT2D eigenvalue weighted by atomic mass is 35.5. The fourth-order valence-electron chi connectivity index (χ4n) is 2.14. The van der Waals surface area contributed by atoms with E-state index in [2.05, 4.69) is 5.32 Å². The van der Waals surface area contributed by atoms with Crippen LogP contribution in [-0.4, -0.2) is 30.8 Å². The van der Waals surface area contributed by atoms with Gasteiger partial charge in [-0.1, -0.05) is 23.7 Å². The van der Waals surface area contributed by atoms with Gasteiger partial charge in [-0.15, -0.1) is 0 Å². The number of benzene rings is 2. The minimum atomic E-state index is -1.13. The first-order valence-electron chi connectivity index (χ1n) is 7.04. The number of carbonyl (C=O) groups is 2. The molecule has 0 aliphatic carbocycles. The van der Waals surface area contributed by atoms with Gasteiger partial charge in [-0.3, -0.25) is 9.59 Å². The van der Waals surface area contributed by atoms with Gasteiger partial charge in [0.05, 0.1) is 10.6 Å². The highest BCUT2D eigenvalue weighted by molar-refractivity contribution is 6.33. The summed E-state index contributed by atoms with van der Waals surface area (Å²) < 4.78 is 26.4. The third kappa shape index (κ3) is 3.89. The summed E-state index contributed by atoms with van der Waals surface area (Å²) in [6.07, 6.45) is 0. The summed E-state index contributed by atoms with van der Waals surface area (Å²) in [5.74, 6) is -2.98. The van der Waals surface area contributed by atoms with E-state index in [4.69, 9.17) is 11.6 Å². The van der Waals surface area contributed by atoms with Gasteiger partial charge in [0.15, 0.2) is 11.6 Å². The molecule has 126 valence electrons. The smallest absolute Gasteiger partial charge is 0.255 e. The minimum Gasteiger partial charge on any atom is -0.355 e. The lowest BCUT2D eigenvalue weighted by Crippen LogP contribution is -2.26. The fraction of sp³-hybridized carbons (Fsp3) is 0.176. The Morgan fingerprint density at radius 3 is 2.29 bits per heavy atom. The van der Waals surface area contributed by atoms with E-state index in [0.29, 0.717) is 5.56 Å². The molecule has 7 heteroatoms. The standard InChI is InChI=1S/C17H15ClF2N2O2/c1-21-16(23)11-5-3-10(4-6-11)9-22(2)17(24)12-7-14(19)15(20)8-13(12)18/h3-8H,9H2,1-2H3,(H,21,23). The van der Waals surface area contributed by atoms with Crippen LogP contribution in [-0.2, 0) is 6.54 Å². The molecule has 0 aliphatic rings. The van der Waals surface area contributed by atoms with Crippen LogP contribution < -0.4 is 5.32 Å². The molecule has 0 saturated heterocycles. The summed E-state index contributed by atoms with van der Waals surface area (Å²) in [7, 11) is 3.06. The number of rotatable bonds is 4. The molecular weight excluding hydrogens is 338 g/mol. The summed E-state index contributed by atoms with van der Waals surface area (Å²) in [6.45, 7) is 0.224. The predicted octanol–water partition coefficient (Wildman–Crippen LogP) is 3.25. The maximum absolute atomic E-state index is 13.3. The number of nitrogens with one attached hydrogen (secondary N) is 1. The van der Waals surface area contributed by atoms with Crippen molar-refractivity contribution in [3.8, 4) is 0 Å². The van der Waals surface area contributed by atoms with Gasteiger partial charge in [0.1, 0.15) is 0 Å². The lowest BCUT2D eigenvalue weighted by Gasteiger charge is -2.18. The lowest BCUT2D eigenvalue weighted by molar-refractivity contribution is 0.0784. The van der Waals surface area contributed by atoms with Gasteiger partial charge in [0.25, 0.3) is 11.8 Å². The third-order valence-corrected chi connectivity index (χ3v) is 3.76. The van der Waals surface area contributed by atoms with Crippen LogP contribution in [0.1, 0.15) is 26.3 Å². The first-order chi connectivity index (χ1) is 11.3. The topological polar surface area (TPSA) is 49.4 Å². The average molecular weight is 353 g/mol. The van der Waals surface area contributed by atoms with Gasteiger partial charge >= 0.3 is 0 Å². The molecule has 4 nitrogen and oxygen atoms in total. The second-order valence-corrected chi connectivity index (χ2v) is 5.59. The van der Waals surface area contributed by atoms with E-state index in [1.165, 1.54) is 19.0 Å². The zero-order chi connectivity index (χ0) is 17.9. The first-order valence-corrected chi connectivity index (χ1v) is 7.42.